The summed E-state index contributed by atoms with van der Waals surface area (Å²) in [5.41, 5.74) is 0. The first-order chi connectivity index (χ1) is 26.0. The van der Waals surface area contributed by atoms with Crippen LogP contribution in [-0.2, 0) is 0 Å². The summed E-state index contributed by atoms with van der Waals surface area (Å²) in [6, 6.07) is 58.8. The third-order valence-corrected chi connectivity index (χ3v) is 21.3. The molecular weight excluding hydrogens is 723 g/mol. The van der Waals surface area contributed by atoms with Crippen molar-refractivity contribution in [3.8, 4) is 34.5 Å². The SMILES string of the molecule is CC1N[PH]2(Oc3ccccc3)C(N[PH](Oc3ccccc3)(Oc3ccccc3)N(C)[PH]1(Oc1ccccc1)Oc1ccccc1)C2Oc1ccccc1. The molecule has 8 rings (SSSR count). The Labute approximate surface area is 312 Å². The molecule has 0 amide bonds. The van der Waals surface area contributed by atoms with Gasteiger partial charge in [-0.15, -0.1) is 0 Å². The summed E-state index contributed by atoms with van der Waals surface area (Å²) in [5, 5.41) is 8.00. The van der Waals surface area contributed by atoms with Gasteiger partial charge in [-0.3, -0.25) is 0 Å². The fourth-order valence-corrected chi connectivity index (χ4v) is 20.4. The molecule has 0 radical (unpaired) electrons. The normalized spacial score (nSPS) is 22.9. The van der Waals surface area contributed by atoms with E-state index in [0.717, 1.165) is 11.5 Å². The molecule has 53 heavy (non-hydrogen) atoms. The topological polar surface area (TPSA) is 82.7 Å². The van der Waals surface area contributed by atoms with Gasteiger partial charge in [-0.2, -0.15) is 0 Å². The maximum atomic E-state index is 7.29. The minimum atomic E-state index is -3.95. The number of fused-ring (bicyclic) bond motifs is 1. The van der Waals surface area contributed by atoms with E-state index in [2.05, 4.69) is 21.5 Å². The van der Waals surface area contributed by atoms with Gasteiger partial charge in [0.15, 0.2) is 0 Å². The molecule has 0 saturated carbocycles. The van der Waals surface area contributed by atoms with Crippen LogP contribution in [-0.4, -0.2) is 28.9 Å². The zero-order valence-corrected chi connectivity index (χ0v) is 32.4. The van der Waals surface area contributed by atoms with Crippen molar-refractivity contribution in [2.45, 2.75) is 24.3 Å². The summed E-state index contributed by atoms with van der Waals surface area (Å²) >= 11 is 0. The van der Waals surface area contributed by atoms with Gasteiger partial charge in [0.1, 0.15) is 0 Å². The van der Waals surface area contributed by atoms with Gasteiger partial charge in [-0.05, 0) is 0 Å². The number of nitrogens with one attached hydrogen (secondary N) is 2. The Balaban J connectivity index is 1.35. The van der Waals surface area contributed by atoms with Gasteiger partial charge in [0.2, 0.25) is 0 Å². The van der Waals surface area contributed by atoms with Crippen molar-refractivity contribution in [3.63, 3.8) is 0 Å². The first-order valence-electron chi connectivity index (χ1n) is 17.7. The quantitative estimate of drug-likeness (QED) is 0.118. The van der Waals surface area contributed by atoms with Crippen LogP contribution in [0.1, 0.15) is 6.92 Å². The van der Waals surface area contributed by atoms with Gasteiger partial charge in [-0.25, -0.2) is 0 Å². The molecule has 274 valence electrons. The predicted octanol–water partition coefficient (Wildman–Crippen LogP) is 10.1. The van der Waals surface area contributed by atoms with Crippen molar-refractivity contribution in [2.24, 2.45) is 0 Å². The first kappa shape index (κ1) is 35.3. The minimum absolute atomic E-state index is 0.327. The summed E-state index contributed by atoms with van der Waals surface area (Å²) < 4.78 is 45.3. The zero-order chi connectivity index (χ0) is 36.1. The average molecular weight is 768 g/mol. The molecule has 12 heteroatoms. The molecule has 0 spiro atoms. The number of para-hydroxylation sites is 6. The third-order valence-electron chi connectivity index (χ3n) is 9.36. The Kier molecular flexibility index (Phi) is 10.2. The Morgan fingerprint density at radius 3 is 1.17 bits per heavy atom. The maximum absolute atomic E-state index is 7.29. The molecule has 2 fully saturated rings. The number of hydrogen-bond donors (Lipinski definition) is 2. The molecule has 6 aromatic carbocycles. The standard InChI is InChI=1S/C41H44N3O6P3/c1-33-42-51(46-35-23-11-4-12-24-35)40(41(51)45-34-21-9-3-10-22-34)43-53(49-38-29-17-7-18-30-38,50-39-31-19-8-20-32-39)44(2)52(33,47-36-25-13-5-14-26-36)48-37-27-15-6-16-28-37/h3-33,40-43,51-53H,1-2H3. The molecule has 2 heterocycles. The Bertz CT molecular complexity index is 1980. The van der Waals surface area contributed by atoms with E-state index in [1.807, 2.05) is 189 Å². The van der Waals surface area contributed by atoms with Gasteiger partial charge in [0, 0.05) is 0 Å². The Morgan fingerprint density at radius 1 is 0.434 bits per heavy atom. The van der Waals surface area contributed by atoms with Crippen molar-refractivity contribution in [1.82, 2.24) is 14.6 Å². The van der Waals surface area contributed by atoms with Crippen LogP contribution in [0.3, 0.4) is 0 Å². The van der Waals surface area contributed by atoms with E-state index >= 15 is 0 Å². The number of benzene rings is 6. The molecule has 9 nitrogen and oxygen atoms in total. The second kappa shape index (κ2) is 15.3. The van der Waals surface area contributed by atoms with Crippen LogP contribution in [0.5, 0.6) is 34.5 Å². The van der Waals surface area contributed by atoms with Gasteiger partial charge < -0.3 is 0 Å². The van der Waals surface area contributed by atoms with Crippen molar-refractivity contribution >= 4 is 23.5 Å². The molecule has 2 N–H and O–H groups in total. The van der Waals surface area contributed by atoms with E-state index in [-0.39, 0.29) is 5.78 Å². The summed E-state index contributed by atoms with van der Waals surface area (Å²) in [7, 11) is -8.99. The van der Waals surface area contributed by atoms with Crippen molar-refractivity contribution in [2.75, 3.05) is 7.05 Å². The van der Waals surface area contributed by atoms with Crippen molar-refractivity contribution < 1.29 is 27.4 Å². The van der Waals surface area contributed by atoms with Gasteiger partial charge >= 0.3 is 313 Å². The van der Waals surface area contributed by atoms with E-state index in [1.54, 1.807) is 0 Å². The molecule has 6 aromatic rings. The van der Waals surface area contributed by atoms with Crippen LogP contribution in [0.2, 0.25) is 0 Å². The first-order valence-corrected chi connectivity index (χ1v) is 23.4. The second-order valence-corrected chi connectivity index (χ2v) is 22.4. The van der Waals surface area contributed by atoms with E-state index in [1.165, 1.54) is 0 Å². The Morgan fingerprint density at radius 2 is 0.774 bits per heavy atom. The van der Waals surface area contributed by atoms with E-state index in [9.17, 15) is 0 Å². The van der Waals surface area contributed by atoms with Crippen LogP contribution in [0.15, 0.2) is 182 Å². The van der Waals surface area contributed by atoms with Gasteiger partial charge in [-0.1, -0.05) is 0 Å². The van der Waals surface area contributed by atoms with Crippen LogP contribution < -0.4 is 37.5 Å². The van der Waals surface area contributed by atoms with Crippen LogP contribution in [0.25, 0.3) is 0 Å². The molecule has 3 unspecified atom stereocenters. The van der Waals surface area contributed by atoms with E-state index in [4.69, 9.17) is 27.4 Å². The summed E-state index contributed by atoms with van der Waals surface area (Å²) in [6.45, 7) is 2.11. The van der Waals surface area contributed by atoms with Crippen LogP contribution >= 0.6 is 23.5 Å². The molecule has 2 saturated heterocycles. The summed E-state index contributed by atoms with van der Waals surface area (Å²) in [5.74, 6) is 2.90. The molecule has 2 aliphatic heterocycles. The zero-order valence-electron chi connectivity index (χ0n) is 29.4. The van der Waals surface area contributed by atoms with Crippen LogP contribution in [0, 0.1) is 0 Å². The number of nitrogens with zero attached hydrogens (tertiary/aromatic N) is 1. The number of ether oxygens (including phenoxy) is 1. The van der Waals surface area contributed by atoms with Gasteiger partial charge in [0.25, 0.3) is 0 Å². The molecule has 2 aliphatic rings. The molecule has 0 bridgehead atoms. The number of hydrogen-bond acceptors (Lipinski definition) is 9. The van der Waals surface area contributed by atoms with Crippen molar-refractivity contribution in [1.29, 1.82) is 0 Å². The van der Waals surface area contributed by atoms with Gasteiger partial charge in [0.05, 0.1) is 0 Å². The molecule has 3 atom stereocenters. The van der Waals surface area contributed by atoms with E-state index in [0.29, 0.717) is 23.0 Å². The Hall–Kier alpha value is -4.71. The fraction of sp³-hybridized carbons (Fsp3) is 0.122. The van der Waals surface area contributed by atoms with Crippen LogP contribution in [0.4, 0.5) is 0 Å². The second-order valence-electron chi connectivity index (χ2n) is 13.0. The fourth-order valence-electron chi connectivity index (χ4n) is 6.71. The third kappa shape index (κ3) is 7.43. The average Bonchev–Trinajstić information content (AvgIpc) is 3.75. The summed E-state index contributed by atoms with van der Waals surface area (Å²) in [4.78, 5) is 0. The molecule has 0 aromatic heterocycles. The molecular formula is C41H44N3O6P3. The summed E-state index contributed by atoms with van der Waals surface area (Å²) in [6.07, 6.45) is 0. The van der Waals surface area contributed by atoms with E-state index < -0.39 is 35.2 Å². The van der Waals surface area contributed by atoms with Crippen molar-refractivity contribution in [3.05, 3.63) is 182 Å². The monoisotopic (exact) mass is 767 g/mol. The molecule has 0 aliphatic carbocycles. The predicted molar refractivity (Wildman–Crippen MR) is 218 cm³/mol. The number of rotatable bonds is 12.